The van der Waals surface area contributed by atoms with Gasteiger partial charge < -0.3 is 19.8 Å². The van der Waals surface area contributed by atoms with Crippen LogP contribution in [0.1, 0.15) is 26.2 Å². The van der Waals surface area contributed by atoms with Gasteiger partial charge in [0, 0.05) is 11.9 Å². The molecule has 0 radical (unpaired) electrons. The van der Waals surface area contributed by atoms with E-state index >= 15 is 0 Å². The molecule has 0 heterocycles. The van der Waals surface area contributed by atoms with Crippen molar-refractivity contribution in [2.45, 2.75) is 26.2 Å². The van der Waals surface area contributed by atoms with E-state index in [1.54, 1.807) is 0 Å². The molecule has 2 unspecified atom stereocenters. The minimum Gasteiger partial charge on any atom is -0.550 e. The summed E-state index contributed by atoms with van der Waals surface area (Å²) in [6.45, 7) is 1.85. The Kier molecular flexibility index (Phi) is 9.88. The maximum Gasteiger partial charge on any atom is 1.00 e. The zero-order valence-electron chi connectivity index (χ0n) is 9.49. The Labute approximate surface area is 133 Å². The van der Waals surface area contributed by atoms with Crippen molar-refractivity contribution in [3.63, 3.8) is 0 Å². The van der Waals surface area contributed by atoms with Crippen LogP contribution in [0.2, 0.25) is 0 Å². The van der Waals surface area contributed by atoms with Crippen molar-refractivity contribution in [1.29, 1.82) is 0 Å². The van der Waals surface area contributed by atoms with Gasteiger partial charge in [0.25, 0.3) is 0 Å². The molecule has 0 saturated heterocycles. The minimum atomic E-state index is -1.14. The summed E-state index contributed by atoms with van der Waals surface area (Å²) in [5.41, 5.74) is 0. The number of carboxylic acid groups (broad SMARTS) is 2. The topological polar surface area (TPSA) is 80.3 Å². The Hall–Kier alpha value is 0.940. The van der Waals surface area contributed by atoms with E-state index in [-0.39, 0.29) is 71.5 Å². The molecular formula is C9H12Na2O4. The Morgan fingerprint density at radius 3 is 1.53 bits per heavy atom. The largest absolute Gasteiger partial charge is 1.00 e. The maximum atomic E-state index is 10.5. The normalized spacial score (nSPS) is 29.5. The van der Waals surface area contributed by atoms with Crippen LogP contribution in [0.25, 0.3) is 0 Å². The van der Waals surface area contributed by atoms with Crippen LogP contribution in [0.4, 0.5) is 0 Å². The molecule has 0 amide bonds. The first kappa shape index (κ1) is 18.3. The molecule has 15 heavy (non-hydrogen) atoms. The fourth-order valence-electron chi connectivity index (χ4n) is 1.99. The van der Waals surface area contributed by atoms with E-state index in [2.05, 4.69) is 0 Å². The zero-order chi connectivity index (χ0) is 10.0. The van der Waals surface area contributed by atoms with Gasteiger partial charge in [0.15, 0.2) is 0 Å². The van der Waals surface area contributed by atoms with Gasteiger partial charge in [-0.05, 0) is 37.0 Å². The average molecular weight is 230 g/mol. The third-order valence-electron chi connectivity index (χ3n) is 2.61. The number of hydrogen-bond donors (Lipinski definition) is 0. The molecular weight excluding hydrogens is 218 g/mol. The van der Waals surface area contributed by atoms with E-state index in [1.807, 2.05) is 6.92 Å². The van der Waals surface area contributed by atoms with Crippen LogP contribution in [0.3, 0.4) is 0 Å². The molecule has 2 atom stereocenters. The van der Waals surface area contributed by atoms with Gasteiger partial charge >= 0.3 is 59.1 Å². The third-order valence-corrected chi connectivity index (χ3v) is 2.61. The van der Waals surface area contributed by atoms with Gasteiger partial charge in [0.05, 0.1) is 0 Å². The van der Waals surface area contributed by atoms with Gasteiger partial charge in [-0.25, -0.2) is 0 Å². The molecule has 0 aliphatic heterocycles. The SMILES string of the molecule is CC1CC(C(=O)[O-])CC(C(=O)[O-])C1.[Na+].[Na+]. The Bertz CT molecular complexity index is 210. The quantitative estimate of drug-likeness (QED) is 0.441. The van der Waals surface area contributed by atoms with Gasteiger partial charge in [0.1, 0.15) is 0 Å². The molecule has 1 rings (SSSR count). The first-order valence-electron chi connectivity index (χ1n) is 4.42. The molecule has 0 spiro atoms. The summed E-state index contributed by atoms with van der Waals surface area (Å²) < 4.78 is 0. The summed E-state index contributed by atoms with van der Waals surface area (Å²) in [5, 5.41) is 21.1. The van der Waals surface area contributed by atoms with Gasteiger partial charge in [-0.15, -0.1) is 0 Å². The van der Waals surface area contributed by atoms with Crippen molar-refractivity contribution in [2.75, 3.05) is 0 Å². The first-order chi connectivity index (χ1) is 6.00. The fraction of sp³-hybridized carbons (Fsp3) is 0.778. The van der Waals surface area contributed by atoms with Crippen molar-refractivity contribution >= 4 is 11.9 Å². The second-order valence-electron chi connectivity index (χ2n) is 3.84. The number of carboxylic acids is 2. The molecule has 0 bridgehead atoms. The molecule has 0 N–H and O–H groups in total. The maximum absolute atomic E-state index is 10.5. The van der Waals surface area contributed by atoms with E-state index in [0.717, 1.165) is 0 Å². The Balaban J connectivity index is 0. The van der Waals surface area contributed by atoms with Crippen LogP contribution in [-0.2, 0) is 9.59 Å². The minimum absolute atomic E-state index is 0. The number of carbonyl (C=O) groups excluding carboxylic acids is 2. The van der Waals surface area contributed by atoms with E-state index < -0.39 is 23.8 Å². The van der Waals surface area contributed by atoms with Crippen molar-refractivity contribution < 1.29 is 78.9 Å². The van der Waals surface area contributed by atoms with Gasteiger partial charge in [-0.2, -0.15) is 0 Å². The molecule has 1 aliphatic carbocycles. The van der Waals surface area contributed by atoms with Crippen LogP contribution in [0, 0.1) is 17.8 Å². The van der Waals surface area contributed by atoms with E-state index in [1.165, 1.54) is 0 Å². The predicted octanol–water partition coefficient (Wildman–Crippen LogP) is -7.45. The summed E-state index contributed by atoms with van der Waals surface area (Å²) in [4.78, 5) is 21.1. The molecule has 0 aromatic heterocycles. The number of aliphatic carboxylic acids is 2. The Morgan fingerprint density at radius 2 is 1.27 bits per heavy atom. The standard InChI is InChI=1S/C9H14O4.2Na/c1-5-2-6(8(10)11)4-7(3-5)9(12)13;;/h5-7H,2-4H2,1H3,(H,10,11)(H,12,13);;/q;2*+1/p-2. The molecule has 1 saturated carbocycles. The predicted molar refractivity (Wildman–Crippen MR) is 40.0 cm³/mol. The van der Waals surface area contributed by atoms with E-state index in [4.69, 9.17) is 0 Å². The van der Waals surface area contributed by atoms with Gasteiger partial charge in [-0.1, -0.05) is 6.92 Å². The summed E-state index contributed by atoms with van der Waals surface area (Å²) in [6.07, 6.45) is 1.20. The molecule has 0 aromatic rings. The van der Waals surface area contributed by atoms with E-state index in [9.17, 15) is 19.8 Å². The Morgan fingerprint density at radius 1 is 0.933 bits per heavy atom. The van der Waals surface area contributed by atoms with Crippen LogP contribution in [-0.4, -0.2) is 11.9 Å². The molecule has 4 nitrogen and oxygen atoms in total. The van der Waals surface area contributed by atoms with Crippen LogP contribution in [0.5, 0.6) is 0 Å². The van der Waals surface area contributed by atoms with Gasteiger partial charge in [-0.3, -0.25) is 0 Å². The monoisotopic (exact) mass is 230 g/mol. The van der Waals surface area contributed by atoms with Crippen molar-refractivity contribution in [2.24, 2.45) is 17.8 Å². The van der Waals surface area contributed by atoms with Crippen LogP contribution < -0.4 is 69.3 Å². The molecule has 1 aliphatic rings. The summed E-state index contributed by atoms with van der Waals surface area (Å²) in [6, 6.07) is 0. The van der Waals surface area contributed by atoms with Crippen molar-refractivity contribution in [3.05, 3.63) is 0 Å². The van der Waals surface area contributed by atoms with E-state index in [0.29, 0.717) is 12.8 Å². The van der Waals surface area contributed by atoms with Crippen LogP contribution in [0.15, 0.2) is 0 Å². The summed E-state index contributed by atoms with van der Waals surface area (Å²) in [7, 11) is 0. The molecule has 6 heteroatoms. The van der Waals surface area contributed by atoms with Crippen LogP contribution >= 0.6 is 0 Å². The molecule has 74 valence electrons. The van der Waals surface area contributed by atoms with Crippen molar-refractivity contribution in [1.82, 2.24) is 0 Å². The number of rotatable bonds is 2. The number of hydrogen-bond acceptors (Lipinski definition) is 4. The third kappa shape index (κ3) is 5.71. The average Bonchev–Trinajstić information content (AvgIpc) is 2.03. The number of carbonyl (C=O) groups is 2. The fourth-order valence-corrected chi connectivity index (χ4v) is 1.99. The molecule has 0 aromatic carbocycles. The molecule has 1 fully saturated rings. The van der Waals surface area contributed by atoms with Gasteiger partial charge in [0.2, 0.25) is 0 Å². The summed E-state index contributed by atoms with van der Waals surface area (Å²) in [5.74, 6) is -3.39. The first-order valence-corrected chi connectivity index (χ1v) is 4.42. The zero-order valence-corrected chi connectivity index (χ0v) is 13.5. The smallest absolute Gasteiger partial charge is 0.550 e. The second-order valence-corrected chi connectivity index (χ2v) is 3.84. The summed E-state index contributed by atoms with van der Waals surface area (Å²) >= 11 is 0. The second kappa shape index (κ2) is 8.09. The van der Waals surface area contributed by atoms with Crippen molar-refractivity contribution in [3.8, 4) is 0 Å².